The van der Waals surface area contributed by atoms with Crippen LogP contribution in [-0.4, -0.2) is 14.3 Å². The highest BCUT2D eigenvalue weighted by Crippen LogP contribution is 2.22. The summed E-state index contributed by atoms with van der Waals surface area (Å²) in [5, 5.41) is 9.65. The summed E-state index contributed by atoms with van der Waals surface area (Å²) < 4.78 is 23.3. The molecule has 0 aliphatic carbocycles. The van der Waals surface area contributed by atoms with Crippen LogP contribution in [0, 0.1) is 0 Å². The molecule has 2 aromatic rings. The van der Waals surface area contributed by atoms with Crippen LogP contribution >= 0.6 is 27.3 Å². The highest BCUT2D eigenvalue weighted by Gasteiger charge is 2.14. The van der Waals surface area contributed by atoms with Crippen LogP contribution < -0.4 is 10.5 Å². The molecule has 5 nitrogen and oxygen atoms in total. The Labute approximate surface area is 135 Å². The largest absolute Gasteiger partial charge is 0.345 e. The average Bonchev–Trinajstić information content (AvgIpc) is 2.84. The first kappa shape index (κ1) is 16.2. The Morgan fingerprint density at radius 3 is 2.43 bits per heavy atom. The number of rotatable bonds is 4. The summed E-state index contributed by atoms with van der Waals surface area (Å²) in [7, 11) is -3.70. The molecule has 0 aliphatic heterocycles. The number of primary sulfonamides is 1. The van der Waals surface area contributed by atoms with Gasteiger partial charge in [-0.15, -0.1) is 11.3 Å². The molecular formula is C13H13BrN2O3S2. The quantitative estimate of drug-likeness (QED) is 0.843. The number of carbonyl (C=O) groups excluding carboxylic acids is 1. The molecule has 0 spiro atoms. The van der Waals surface area contributed by atoms with Crippen LogP contribution in [0.2, 0.25) is 0 Å². The zero-order valence-electron chi connectivity index (χ0n) is 11.0. The normalized spacial score (nSPS) is 12.9. The van der Waals surface area contributed by atoms with Gasteiger partial charge in [0.15, 0.2) is 0 Å². The van der Waals surface area contributed by atoms with E-state index in [1.54, 1.807) is 23.6 Å². The van der Waals surface area contributed by atoms with E-state index in [-0.39, 0.29) is 16.8 Å². The standard InChI is InChI=1S/C13H13BrN2O3S2/c1-8(16-13(17)10-6-12(14)20-7-10)9-2-4-11(5-3-9)21(15,18)19/h2-8H,1H3,(H,16,17)(H2,15,18,19). The maximum Gasteiger partial charge on any atom is 0.252 e. The minimum Gasteiger partial charge on any atom is -0.345 e. The first-order valence-electron chi connectivity index (χ1n) is 5.95. The van der Waals surface area contributed by atoms with E-state index in [1.807, 2.05) is 6.92 Å². The van der Waals surface area contributed by atoms with Crippen molar-refractivity contribution in [2.45, 2.75) is 17.9 Å². The predicted octanol–water partition coefficient (Wildman–Crippen LogP) is 2.65. The van der Waals surface area contributed by atoms with E-state index in [0.29, 0.717) is 5.56 Å². The number of nitrogens with two attached hydrogens (primary N) is 1. The molecule has 21 heavy (non-hydrogen) atoms. The predicted molar refractivity (Wildman–Crippen MR) is 85.7 cm³/mol. The maximum absolute atomic E-state index is 12.0. The summed E-state index contributed by atoms with van der Waals surface area (Å²) in [5.41, 5.74) is 1.38. The third-order valence-electron chi connectivity index (χ3n) is 2.89. The molecule has 1 amide bonds. The molecule has 8 heteroatoms. The van der Waals surface area contributed by atoms with Gasteiger partial charge in [-0.25, -0.2) is 13.6 Å². The van der Waals surface area contributed by atoms with Gasteiger partial charge in [0.25, 0.3) is 5.91 Å². The van der Waals surface area contributed by atoms with Gasteiger partial charge in [0.2, 0.25) is 10.0 Å². The van der Waals surface area contributed by atoms with Gasteiger partial charge in [0.1, 0.15) is 0 Å². The molecule has 3 N–H and O–H groups in total. The van der Waals surface area contributed by atoms with Crippen LogP contribution in [0.5, 0.6) is 0 Å². The first-order valence-corrected chi connectivity index (χ1v) is 9.17. The molecule has 0 aliphatic rings. The third kappa shape index (κ3) is 4.13. The summed E-state index contributed by atoms with van der Waals surface area (Å²) in [5.74, 6) is -0.181. The summed E-state index contributed by atoms with van der Waals surface area (Å²) in [6.07, 6.45) is 0. The number of hydrogen-bond donors (Lipinski definition) is 2. The number of nitrogens with one attached hydrogen (secondary N) is 1. The fraction of sp³-hybridized carbons (Fsp3) is 0.154. The van der Waals surface area contributed by atoms with E-state index in [2.05, 4.69) is 21.2 Å². The van der Waals surface area contributed by atoms with Crippen molar-refractivity contribution in [1.82, 2.24) is 5.32 Å². The molecule has 112 valence electrons. The fourth-order valence-electron chi connectivity index (χ4n) is 1.74. The van der Waals surface area contributed by atoms with Crippen molar-refractivity contribution >= 4 is 43.2 Å². The zero-order chi connectivity index (χ0) is 15.6. The second-order valence-corrected chi connectivity index (χ2v) is 8.30. The summed E-state index contributed by atoms with van der Waals surface area (Å²) in [6, 6.07) is 7.62. The smallest absolute Gasteiger partial charge is 0.252 e. The van der Waals surface area contributed by atoms with Crippen molar-refractivity contribution in [2.75, 3.05) is 0 Å². The molecule has 0 bridgehead atoms. The van der Waals surface area contributed by atoms with E-state index in [4.69, 9.17) is 5.14 Å². The van der Waals surface area contributed by atoms with Crippen molar-refractivity contribution in [3.05, 3.63) is 50.6 Å². The molecule has 0 fully saturated rings. The highest BCUT2D eigenvalue weighted by atomic mass is 79.9. The fourth-order valence-corrected chi connectivity index (χ4v) is 3.39. The third-order valence-corrected chi connectivity index (χ3v) is 5.32. The molecule has 1 aromatic heterocycles. The summed E-state index contributed by atoms with van der Waals surface area (Å²) >= 11 is 4.74. The number of halogens is 1. The molecule has 1 unspecified atom stereocenters. The van der Waals surface area contributed by atoms with Crippen LogP contribution in [-0.2, 0) is 10.0 Å². The minimum absolute atomic E-state index is 0.0477. The van der Waals surface area contributed by atoms with Crippen molar-refractivity contribution in [3.8, 4) is 0 Å². The monoisotopic (exact) mass is 388 g/mol. The lowest BCUT2D eigenvalue weighted by Gasteiger charge is -2.14. The van der Waals surface area contributed by atoms with Crippen LogP contribution in [0.1, 0.15) is 28.9 Å². The number of hydrogen-bond acceptors (Lipinski definition) is 4. The van der Waals surface area contributed by atoms with E-state index in [9.17, 15) is 13.2 Å². The lowest BCUT2D eigenvalue weighted by atomic mass is 10.1. The Kier molecular flexibility index (Phi) is 4.82. The Hall–Kier alpha value is -1.22. The molecule has 1 heterocycles. The van der Waals surface area contributed by atoms with Crippen molar-refractivity contribution in [2.24, 2.45) is 5.14 Å². The van der Waals surface area contributed by atoms with Gasteiger partial charge in [0.05, 0.1) is 20.3 Å². The van der Waals surface area contributed by atoms with E-state index < -0.39 is 10.0 Å². The van der Waals surface area contributed by atoms with Gasteiger partial charge < -0.3 is 5.32 Å². The number of thiophene rings is 1. The Morgan fingerprint density at radius 1 is 1.33 bits per heavy atom. The molecule has 0 saturated heterocycles. The zero-order valence-corrected chi connectivity index (χ0v) is 14.3. The van der Waals surface area contributed by atoms with Gasteiger partial charge >= 0.3 is 0 Å². The second kappa shape index (κ2) is 6.27. The Bertz CT molecular complexity index is 754. The lowest BCUT2D eigenvalue weighted by Crippen LogP contribution is -2.26. The molecule has 2 rings (SSSR count). The van der Waals surface area contributed by atoms with Gasteiger partial charge in [-0.05, 0) is 46.6 Å². The number of sulfonamides is 1. The van der Waals surface area contributed by atoms with Gasteiger partial charge in [-0.2, -0.15) is 0 Å². The highest BCUT2D eigenvalue weighted by molar-refractivity contribution is 9.11. The van der Waals surface area contributed by atoms with Crippen molar-refractivity contribution in [3.63, 3.8) is 0 Å². The van der Waals surface area contributed by atoms with Crippen LogP contribution in [0.15, 0.2) is 44.4 Å². The molecule has 1 atom stereocenters. The Balaban J connectivity index is 2.10. The topological polar surface area (TPSA) is 89.3 Å². The average molecular weight is 389 g/mol. The number of amides is 1. The second-order valence-electron chi connectivity index (χ2n) is 4.45. The molecule has 0 radical (unpaired) electrons. The first-order chi connectivity index (χ1) is 9.77. The van der Waals surface area contributed by atoms with E-state index in [1.165, 1.54) is 23.5 Å². The Morgan fingerprint density at radius 2 is 1.95 bits per heavy atom. The van der Waals surface area contributed by atoms with Gasteiger partial charge in [-0.3, -0.25) is 4.79 Å². The van der Waals surface area contributed by atoms with Crippen LogP contribution in [0.25, 0.3) is 0 Å². The van der Waals surface area contributed by atoms with Crippen LogP contribution in [0.3, 0.4) is 0 Å². The van der Waals surface area contributed by atoms with Crippen LogP contribution in [0.4, 0.5) is 0 Å². The van der Waals surface area contributed by atoms with E-state index in [0.717, 1.165) is 9.35 Å². The van der Waals surface area contributed by atoms with Gasteiger partial charge in [-0.1, -0.05) is 12.1 Å². The molecular weight excluding hydrogens is 376 g/mol. The molecule has 0 saturated carbocycles. The van der Waals surface area contributed by atoms with Crippen molar-refractivity contribution in [1.29, 1.82) is 0 Å². The van der Waals surface area contributed by atoms with Gasteiger partial charge in [0, 0.05) is 5.38 Å². The SMILES string of the molecule is CC(NC(=O)c1csc(Br)c1)c1ccc(S(N)(=O)=O)cc1. The van der Waals surface area contributed by atoms with Crippen molar-refractivity contribution < 1.29 is 13.2 Å². The summed E-state index contributed by atoms with van der Waals surface area (Å²) in [4.78, 5) is 12.1. The lowest BCUT2D eigenvalue weighted by molar-refractivity contribution is 0.0940. The number of benzene rings is 1. The summed E-state index contributed by atoms with van der Waals surface area (Å²) in [6.45, 7) is 1.82. The minimum atomic E-state index is -3.70. The number of carbonyl (C=O) groups is 1. The van der Waals surface area contributed by atoms with E-state index >= 15 is 0 Å². The molecule has 1 aromatic carbocycles. The maximum atomic E-state index is 12.0.